The van der Waals surface area contributed by atoms with Crippen molar-refractivity contribution in [3.8, 4) is 0 Å². The molecule has 4 rings (SSSR count). The first-order valence-corrected chi connectivity index (χ1v) is 8.52. The van der Waals surface area contributed by atoms with Gasteiger partial charge in [0.15, 0.2) is 0 Å². The maximum Gasteiger partial charge on any atom is 0.339 e. The summed E-state index contributed by atoms with van der Waals surface area (Å²) in [6.45, 7) is 0. The monoisotopic (exact) mass is 389 g/mol. The fourth-order valence-corrected chi connectivity index (χ4v) is 3.77. The molecule has 3 nitrogen and oxygen atoms in total. The Kier molecular flexibility index (Phi) is 3.95. The lowest BCUT2D eigenvalue weighted by atomic mass is 9.99. The van der Waals surface area contributed by atoms with E-state index >= 15 is 0 Å². The summed E-state index contributed by atoms with van der Waals surface area (Å²) in [5.74, 6) is -0.468. The summed E-state index contributed by atoms with van der Waals surface area (Å²) in [6, 6.07) is 12.5. The number of hydrogen-bond acceptors (Lipinski definition) is 3. The number of carbonyl (C=O) groups excluding carboxylic acids is 1. The molecule has 0 atom stereocenters. The molecule has 124 valence electrons. The van der Waals surface area contributed by atoms with E-state index in [1.165, 1.54) is 7.11 Å². The SMILES string of the molecule is COC(=O)c1c2cc(Cl)cc(Cl)c2nc2c1ccc1cc(Cl)ccc12. The Hall–Kier alpha value is -2.07. The zero-order chi connectivity index (χ0) is 17.7. The average molecular weight is 391 g/mol. The highest BCUT2D eigenvalue weighted by Crippen LogP contribution is 2.36. The van der Waals surface area contributed by atoms with Gasteiger partial charge in [-0.2, -0.15) is 0 Å². The normalized spacial score (nSPS) is 11.4. The Morgan fingerprint density at radius 3 is 2.40 bits per heavy atom. The van der Waals surface area contributed by atoms with Crippen molar-refractivity contribution in [3.63, 3.8) is 0 Å². The van der Waals surface area contributed by atoms with Gasteiger partial charge >= 0.3 is 5.97 Å². The van der Waals surface area contributed by atoms with E-state index in [1.54, 1.807) is 18.2 Å². The molecule has 1 heterocycles. The summed E-state index contributed by atoms with van der Waals surface area (Å²) in [5, 5.41) is 4.47. The van der Waals surface area contributed by atoms with Crippen molar-refractivity contribution in [2.75, 3.05) is 7.11 Å². The predicted molar refractivity (Wildman–Crippen MR) is 103 cm³/mol. The molecule has 0 fully saturated rings. The van der Waals surface area contributed by atoms with Gasteiger partial charge in [-0.15, -0.1) is 0 Å². The summed E-state index contributed by atoms with van der Waals surface area (Å²) in [4.78, 5) is 17.2. The molecule has 0 spiro atoms. The Bertz CT molecular complexity index is 1190. The van der Waals surface area contributed by atoms with Gasteiger partial charge < -0.3 is 4.74 Å². The zero-order valence-electron chi connectivity index (χ0n) is 12.9. The molecule has 25 heavy (non-hydrogen) atoms. The summed E-state index contributed by atoms with van der Waals surface area (Å²) in [5.41, 5.74) is 1.55. The Morgan fingerprint density at radius 2 is 1.64 bits per heavy atom. The van der Waals surface area contributed by atoms with Crippen LogP contribution in [0.4, 0.5) is 0 Å². The molecule has 4 aromatic rings. The van der Waals surface area contributed by atoms with E-state index in [0.717, 1.165) is 10.8 Å². The van der Waals surface area contributed by atoms with E-state index in [4.69, 9.17) is 44.5 Å². The number of nitrogens with zero attached hydrogens (tertiary/aromatic N) is 1. The first-order chi connectivity index (χ1) is 12.0. The fraction of sp³-hybridized carbons (Fsp3) is 0.0526. The molecule has 0 aliphatic heterocycles. The Labute approximate surface area is 158 Å². The predicted octanol–water partition coefficient (Wildman–Crippen LogP) is 6.29. The van der Waals surface area contributed by atoms with Gasteiger partial charge in [0, 0.05) is 26.2 Å². The van der Waals surface area contributed by atoms with Gasteiger partial charge in [-0.05, 0) is 29.7 Å². The van der Waals surface area contributed by atoms with Crippen LogP contribution < -0.4 is 0 Å². The summed E-state index contributed by atoms with van der Waals surface area (Å²) in [7, 11) is 1.34. The van der Waals surface area contributed by atoms with Gasteiger partial charge in [0.05, 0.1) is 28.7 Å². The second kappa shape index (κ2) is 6.03. The van der Waals surface area contributed by atoms with Crippen molar-refractivity contribution < 1.29 is 9.53 Å². The van der Waals surface area contributed by atoms with E-state index < -0.39 is 5.97 Å². The first kappa shape index (κ1) is 16.4. The van der Waals surface area contributed by atoms with Gasteiger partial charge in [-0.3, -0.25) is 0 Å². The molecule has 0 radical (unpaired) electrons. The van der Waals surface area contributed by atoms with Crippen molar-refractivity contribution in [2.24, 2.45) is 0 Å². The number of ether oxygens (including phenoxy) is 1. The summed E-state index contributed by atoms with van der Waals surface area (Å²) < 4.78 is 4.99. The highest BCUT2D eigenvalue weighted by molar-refractivity contribution is 6.39. The molecule has 0 unspecified atom stereocenters. The van der Waals surface area contributed by atoms with Crippen molar-refractivity contribution in [3.05, 3.63) is 63.1 Å². The highest BCUT2D eigenvalue weighted by atomic mass is 35.5. The Balaban J connectivity index is 2.29. The molecule has 0 saturated heterocycles. The van der Waals surface area contributed by atoms with Crippen molar-refractivity contribution in [2.45, 2.75) is 0 Å². The minimum absolute atomic E-state index is 0.375. The molecule has 0 N–H and O–H groups in total. The second-order valence-corrected chi connectivity index (χ2v) is 6.87. The van der Waals surface area contributed by atoms with E-state index in [1.807, 2.05) is 24.3 Å². The van der Waals surface area contributed by atoms with Gasteiger partial charge in [-0.1, -0.05) is 53.0 Å². The van der Waals surface area contributed by atoms with E-state index in [0.29, 0.717) is 42.4 Å². The molecule has 0 amide bonds. The molecule has 3 aromatic carbocycles. The van der Waals surface area contributed by atoms with Gasteiger partial charge in [-0.25, -0.2) is 9.78 Å². The van der Waals surface area contributed by atoms with Crippen LogP contribution in [0.5, 0.6) is 0 Å². The highest BCUT2D eigenvalue weighted by Gasteiger charge is 2.20. The van der Waals surface area contributed by atoms with Gasteiger partial charge in [0.2, 0.25) is 0 Å². The number of benzene rings is 3. The maximum atomic E-state index is 12.5. The number of methoxy groups -OCH3 is 1. The minimum atomic E-state index is -0.468. The summed E-state index contributed by atoms with van der Waals surface area (Å²) in [6.07, 6.45) is 0. The van der Waals surface area contributed by atoms with Crippen LogP contribution in [0.1, 0.15) is 10.4 Å². The maximum absolute atomic E-state index is 12.5. The number of pyridine rings is 1. The van der Waals surface area contributed by atoms with Crippen LogP contribution >= 0.6 is 34.8 Å². The van der Waals surface area contributed by atoms with Crippen LogP contribution in [0, 0.1) is 0 Å². The number of halogens is 3. The second-order valence-electron chi connectivity index (χ2n) is 5.59. The Morgan fingerprint density at radius 1 is 0.880 bits per heavy atom. The van der Waals surface area contributed by atoms with Gasteiger partial charge in [0.1, 0.15) is 0 Å². The molecular weight excluding hydrogens is 381 g/mol. The fourth-order valence-electron chi connectivity index (χ4n) is 3.06. The van der Waals surface area contributed by atoms with Crippen molar-refractivity contribution >= 4 is 73.4 Å². The molecule has 0 saturated carbocycles. The van der Waals surface area contributed by atoms with Gasteiger partial charge in [0.25, 0.3) is 0 Å². The average Bonchev–Trinajstić information content (AvgIpc) is 2.59. The molecule has 0 aliphatic rings. The molecular formula is C19H10Cl3NO2. The number of carbonyl (C=O) groups is 1. The number of esters is 1. The number of rotatable bonds is 1. The largest absolute Gasteiger partial charge is 0.465 e. The molecule has 0 aliphatic carbocycles. The molecule has 1 aromatic heterocycles. The third kappa shape index (κ3) is 2.60. The third-order valence-corrected chi connectivity index (χ3v) is 4.87. The number of fused-ring (bicyclic) bond motifs is 4. The third-order valence-electron chi connectivity index (χ3n) is 4.13. The van der Waals surface area contributed by atoms with Crippen molar-refractivity contribution in [1.82, 2.24) is 4.98 Å². The van der Waals surface area contributed by atoms with Crippen LogP contribution in [0.25, 0.3) is 32.6 Å². The lowest BCUT2D eigenvalue weighted by molar-refractivity contribution is 0.0605. The molecule has 0 bridgehead atoms. The minimum Gasteiger partial charge on any atom is -0.465 e. The quantitative estimate of drug-likeness (QED) is 0.218. The van der Waals surface area contributed by atoms with E-state index in [-0.39, 0.29) is 0 Å². The van der Waals surface area contributed by atoms with Crippen LogP contribution in [-0.4, -0.2) is 18.1 Å². The topological polar surface area (TPSA) is 39.2 Å². The lowest BCUT2D eigenvalue weighted by Crippen LogP contribution is -2.05. The lowest BCUT2D eigenvalue weighted by Gasteiger charge is -2.12. The smallest absolute Gasteiger partial charge is 0.339 e. The zero-order valence-corrected chi connectivity index (χ0v) is 15.2. The van der Waals surface area contributed by atoms with Crippen LogP contribution in [0.2, 0.25) is 15.1 Å². The molecule has 6 heteroatoms. The van der Waals surface area contributed by atoms with E-state index in [9.17, 15) is 4.79 Å². The van der Waals surface area contributed by atoms with E-state index in [2.05, 4.69) is 0 Å². The van der Waals surface area contributed by atoms with Crippen molar-refractivity contribution in [1.29, 1.82) is 0 Å². The number of aromatic nitrogens is 1. The van der Waals surface area contributed by atoms with Crippen LogP contribution in [0.3, 0.4) is 0 Å². The van der Waals surface area contributed by atoms with Crippen LogP contribution in [-0.2, 0) is 4.74 Å². The van der Waals surface area contributed by atoms with Crippen LogP contribution in [0.15, 0.2) is 42.5 Å². The standard InChI is InChI=1S/C19H10Cl3NO2/c1-25-19(24)16-13-4-2-9-6-10(20)3-5-12(9)17(13)23-18-14(16)7-11(21)8-15(18)22/h2-8H,1H3. The summed E-state index contributed by atoms with van der Waals surface area (Å²) >= 11 is 18.5. The number of hydrogen-bond donors (Lipinski definition) is 0. The first-order valence-electron chi connectivity index (χ1n) is 7.38.